The largest absolute Gasteiger partial charge is 0.387 e. The average Bonchev–Trinajstić information content (AvgIpc) is 3.11. The number of benzene rings is 1. The van der Waals surface area contributed by atoms with Gasteiger partial charge in [0, 0.05) is 36.6 Å². The predicted molar refractivity (Wildman–Crippen MR) is 97.8 cm³/mol. The molecule has 2 aromatic heterocycles. The minimum absolute atomic E-state index is 0.199. The second kappa shape index (κ2) is 6.86. The van der Waals surface area contributed by atoms with Crippen molar-refractivity contribution < 1.29 is 9.90 Å². The number of fused-ring (bicyclic) bond motifs is 1. The van der Waals surface area contributed by atoms with Gasteiger partial charge in [0.1, 0.15) is 0 Å². The van der Waals surface area contributed by atoms with Crippen LogP contribution in [0.2, 0.25) is 0 Å². The van der Waals surface area contributed by atoms with Crippen LogP contribution in [-0.2, 0) is 0 Å². The number of piperidine rings is 1. The Morgan fingerprint density at radius 1 is 1.38 bits per heavy atom. The molecule has 0 saturated carbocycles. The van der Waals surface area contributed by atoms with Crippen LogP contribution >= 0.6 is 0 Å². The highest BCUT2D eigenvalue weighted by molar-refractivity contribution is 5.96. The van der Waals surface area contributed by atoms with Gasteiger partial charge in [-0.2, -0.15) is 5.10 Å². The van der Waals surface area contributed by atoms with E-state index in [1.165, 1.54) is 0 Å². The fourth-order valence-electron chi connectivity index (χ4n) is 3.31. The fourth-order valence-corrected chi connectivity index (χ4v) is 3.31. The number of hydrogen-bond acceptors (Lipinski definition) is 5. The van der Waals surface area contributed by atoms with Crippen LogP contribution in [0.25, 0.3) is 16.8 Å². The molecule has 1 saturated heterocycles. The zero-order valence-corrected chi connectivity index (χ0v) is 14.4. The van der Waals surface area contributed by atoms with Gasteiger partial charge >= 0.3 is 0 Å². The number of aliphatic hydroxyl groups is 1. The predicted octanol–water partition coefficient (Wildman–Crippen LogP) is 1.24. The van der Waals surface area contributed by atoms with Gasteiger partial charge < -0.3 is 15.7 Å². The Balaban J connectivity index is 1.53. The number of nitrogens with zero attached hydrogens (tertiary/aromatic N) is 3. The monoisotopic (exact) mass is 351 g/mol. The summed E-state index contributed by atoms with van der Waals surface area (Å²) in [5.41, 5.74) is 2.16. The maximum absolute atomic E-state index is 12.5. The Bertz CT molecular complexity index is 930. The van der Waals surface area contributed by atoms with Crippen molar-refractivity contribution in [3.63, 3.8) is 0 Å². The van der Waals surface area contributed by atoms with Crippen molar-refractivity contribution in [3.05, 3.63) is 54.5 Å². The highest BCUT2D eigenvalue weighted by Crippen LogP contribution is 2.24. The first-order chi connectivity index (χ1) is 12.6. The number of carbonyl (C=O) groups excluding carboxylic acids is 1. The van der Waals surface area contributed by atoms with Gasteiger partial charge in [-0.25, -0.2) is 9.50 Å². The number of carbonyl (C=O) groups is 1. The molecule has 3 N–H and O–H groups in total. The zero-order valence-electron chi connectivity index (χ0n) is 14.4. The highest BCUT2D eigenvalue weighted by atomic mass is 16.3. The van der Waals surface area contributed by atoms with Crippen molar-refractivity contribution in [1.29, 1.82) is 0 Å². The van der Waals surface area contributed by atoms with Gasteiger partial charge in [-0.05, 0) is 43.1 Å². The second-order valence-corrected chi connectivity index (χ2v) is 6.71. The Labute approximate surface area is 151 Å². The first kappa shape index (κ1) is 16.7. The van der Waals surface area contributed by atoms with Crippen molar-refractivity contribution in [1.82, 2.24) is 25.2 Å². The third kappa shape index (κ3) is 3.31. The van der Waals surface area contributed by atoms with Gasteiger partial charge in [-0.1, -0.05) is 12.1 Å². The maximum atomic E-state index is 12.5. The molecule has 134 valence electrons. The molecule has 1 fully saturated rings. The van der Waals surface area contributed by atoms with E-state index in [9.17, 15) is 9.90 Å². The van der Waals surface area contributed by atoms with Crippen molar-refractivity contribution in [2.45, 2.75) is 18.4 Å². The third-order valence-electron chi connectivity index (χ3n) is 4.74. The normalized spacial score (nSPS) is 20.2. The molecule has 1 atom stereocenters. The molecule has 1 amide bonds. The Morgan fingerprint density at radius 3 is 3.15 bits per heavy atom. The van der Waals surface area contributed by atoms with Gasteiger partial charge in [-0.15, -0.1) is 0 Å². The fraction of sp³-hybridized carbons (Fsp3) is 0.316. The molecule has 0 radical (unpaired) electrons. The van der Waals surface area contributed by atoms with E-state index < -0.39 is 5.60 Å². The van der Waals surface area contributed by atoms with E-state index in [2.05, 4.69) is 20.7 Å². The van der Waals surface area contributed by atoms with E-state index in [1.807, 2.05) is 30.5 Å². The summed E-state index contributed by atoms with van der Waals surface area (Å²) < 4.78 is 1.70. The van der Waals surface area contributed by atoms with Crippen molar-refractivity contribution in [2.75, 3.05) is 19.6 Å². The van der Waals surface area contributed by atoms with Gasteiger partial charge in [0.25, 0.3) is 5.91 Å². The molecule has 4 rings (SSSR count). The number of aromatic nitrogens is 3. The van der Waals surface area contributed by atoms with Crippen molar-refractivity contribution in [3.8, 4) is 11.1 Å². The summed E-state index contributed by atoms with van der Waals surface area (Å²) in [6.45, 7) is 1.65. The molecule has 1 aliphatic heterocycles. The van der Waals surface area contributed by atoms with E-state index >= 15 is 0 Å². The van der Waals surface area contributed by atoms with Crippen LogP contribution in [0, 0.1) is 0 Å². The molecule has 0 aliphatic carbocycles. The van der Waals surface area contributed by atoms with Crippen LogP contribution in [0.3, 0.4) is 0 Å². The first-order valence-electron chi connectivity index (χ1n) is 8.75. The first-order valence-corrected chi connectivity index (χ1v) is 8.75. The van der Waals surface area contributed by atoms with E-state index in [-0.39, 0.29) is 12.5 Å². The molecule has 0 bridgehead atoms. The summed E-state index contributed by atoms with van der Waals surface area (Å²) in [5, 5.41) is 20.8. The SMILES string of the molecule is O=C(NCC1(O)CCCNC1)c1cccc(-c2cnn3cccnc23)c1. The number of hydrogen-bond donors (Lipinski definition) is 3. The van der Waals surface area contributed by atoms with Crippen LogP contribution in [0.4, 0.5) is 0 Å². The van der Waals surface area contributed by atoms with Crippen LogP contribution in [0.1, 0.15) is 23.2 Å². The lowest BCUT2D eigenvalue weighted by Gasteiger charge is -2.32. The summed E-state index contributed by atoms with van der Waals surface area (Å²) in [6, 6.07) is 9.18. The summed E-state index contributed by atoms with van der Waals surface area (Å²) in [5.74, 6) is -0.199. The molecular weight excluding hydrogens is 330 g/mol. The molecule has 1 aliphatic rings. The number of nitrogens with one attached hydrogen (secondary N) is 2. The molecule has 3 aromatic rings. The molecule has 7 heteroatoms. The summed E-state index contributed by atoms with van der Waals surface area (Å²) in [4.78, 5) is 16.9. The minimum atomic E-state index is -0.877. The van der Waals surface area contributed by atoms with Gasteiger partial charge in [0.2, 0.25) is 0 Å². The maximum Gasteiger partial charge on any atom is 0.251 e. The van der Waals surface area contributed by atoms with Crippen LogP contribution in [0.15, 0.2) is 48.9 Å². The van der Waals surface area contributed by atoms with E-state index in [0.29, 0.717) is 18.5 Å². The molecule has 0 spiro atoms. The number of amides is 1. The van der Waals surface area contributed by atoms with Gasteiger partial charge in [0.15, 0.2) is 5.65 Å². The quantitative estimate of drug-likeness (QED) is 0.658. The summed E-state index contributed by atoms with van der Waals surface area (Å²) >= 11 is 0. The lowest BCUT2D eigenvalue weighted by molar-refractivity contribution is 0.0170. The molecule has 1 unspecified atom stereocenters. The van der Waals surface area contributed by atoms with E-state index in [4.69, 9.17) is 0 Å². The molecule has 1 aromatic carbocycles. The highest BCUT2D eigenvalue weighted by Gasteiger charge is 2.29. The Hall–Kier alpha value is -2.77. The third-order valence-corrected chi connectivity index (χ3v) is 4.74. The van der Waals surface area contributed by atoms with E-state index in [0.717, 1.165) is 29.7 Å². The van der Waals surface area contributed by atoms with Crippen molar-refractivity contribution in [2.24, 2.45) is 0 Å². The smallest absolute Gasteiger partial charge is 0.251 e. The number of β-amino-alcohol motifs (C(OH)–C–C–N with tert-alkyl or cyclic N) is 1. The zero-order chi connectivity index (χ0) is 18.0. The topological polar surface area (TPSA) is 91.5 Å². The summed E-state index contributed by atoms with van der Waals surface area (Å²) in [7, 11) is 0. The molecular formula is C19H21N5O2. The standard InChI is InChI=1S/C19H21N5O2/c25-18(22-13-19(26)6-2-7-20-12-19)15-5-1-4-14(10-15)16-11-23-24-9-3-8-21-17(16)24/h1,3-5,8-11,20,26H,2,6-7,12-13H2,(H,22,25). The lowest BCUT2D eigenvalue weighted by atomic mass is 9.94. The van der Waals surface area contributed by atoms with Crippen molar-refractivity contribution >= 4 is 11.6 Å². The number of rotatable bonds is 4. The Morgan fingerprint density at radius 2 is 2.31 bits per heavy atom. The molecule has 7 nitrogen and oxygen atoms in total. The van der Waals surface area contributed by atoms with Crippen LogP contribution in [0.5, 0.6) is 0 Å². The van der Waals surface area contributed by atoms with E-state index in [1.54, 1.807) is 23.0 Å². The minimum Gasteiger partial charge on any atom is -0.387 e. The average molecular weight is 351 g/mol. The second-order valence-electron chi connectivity index (χ2n) is 6.71. The van der Waals surface area contributed by atoms with Crippen LogP contribution < -0.4 is 10.6 Å². The lowest BCUT2D eigenvalue weighted by Crippen LogP contribution is -2.52. The molecule has 3 heterocycles. The molecule has 26 heavy (non-hydrogen) atoms. The van der Waals surface area contributed by atoms with Gasteiger partial charge in [0.05, 0.1) is 11.8 Å². The van der Waals surface area contributed by atoms with Gasteiger partial charge in [-0.3, -0.25) is 4.79 Å². The Kier molecular flexibility index (Phi) is 4.40. The van der Waals surface area contributed by atoms with Crippen LogP contribution in [-0.4, -0.2) is 50.8 Å². The summed E-state index contributed by atoms with van der Waals surface area (Å²) in [6.07, 6.45) is 6.89.